The number of carboxylic acids is 1. The summed E-state index contributed by atoms with van der Waals surface area (Å²) in [5.41, 5.74) is 12.3. The third-order valence-corrected chi connectivity index (χ3v) is 6.59. The Hall–Kier alpha value is -2.76. The number of benzene rings is 1. The minimum Gasteiger partial charge on any atom is -0.508 e. The van der Waals surface area contributed by atoms with E-state index in [4.69, 9.17) is 10.2 Å². The molecule has 6 nitrogen and oxygen atoms in total. The summed E-state index contributed by atoms with van der Waals surface area (Å²) in [6.07, 6.45) is 11.0. The highest BCUT2D eigenvalue weighted by atomic mass is 16.4. The molecular formula is C21H23N3O3. The monoisotopic (exact) mass is 365 g/mol. The SMILES string of the molecule is O=C(O)c1ccc(O)cc1.[N-]=[N+]1C2CCCC23CC[C@@]1(c1cccnc1)C3. The zero-order valence-corrected chi connectivity index (χ0v) is 15.1. The Labute approximate surface area is 158 Å². The first-order valence-electron chi connectivity index (χ1n) is 9.38. The van der Waals surface area contributed by atoms with Gasteiger partial charge in [0.15, 0.2) is 5.54 Å². The summed E-state index contributed by atoms with van der Waals surface area (Å²) >= 11 is 0. The normalized spacial score (nSPS) is 30.5. The van der Waals surface area contributed by atoms with Crippen molar-refractivity contribution in [2.24, 2.45) is 5.41 Å². The molecule has 5 rings (SSSR count). The summed E-state index contributed by atoms with van der Waals surface area (Å²) in [4.78, 5) is 14.5. The first kappa shape index (κ1) is 17.6. The number of phenols is 1. The van der Waals surface area contributed by atoms with Crippen molar-refractivity contribution in [1.82, 2.24) is 4.98 Å². The van der Waals surface area contributed by atoms with Crippen LogP contribution in [0.2, 0.25) is 0 Å². The van der Waals surface area contributed by atoms with Crippen molar-refractivity contribution < 1.29 is 19.7 Å². The van der Waals surface area contributed by atoms with Gasteiger partial charge in [-0.15, -0.1) is 0 Å². The minimum atomic E-state index is -0.986. The second-order valence-electron chi connectivity index (χ2n) is 7.92. The predicted molar refractivity (Wildman–Crippen MR) is 98.5 cm³/mol. The van der Waals surface area contributed by atoms with E-state index in [9.17, 15) is 10.3 Å². The van der Waals surface area contributed by atoms with Gasteiger partial charge in [0, 0.05) is 42.6 Å². The molecule has 3 aliphatic rings. The fourth-order valence-electron chi connectivity index (χ4n) is 5.33. The van der Waals surface area contributed by atoms with Crippen LogP contribution < -0.4 is 0 Å². The van der Waals surface area contributed by atoms with Crippen molar-refractivity contribution >= 4 is 5.97 Å². The van der Waals surface area contributed by atoms with Crippen molar-refractivity contribution in [2.45, 2.75) is 50.1 Å². The Morgan fingerprint density at radius 1 is 1.19 bits per heavy atom. The van der Waals surface area contributed by atoms with Crippen molar-refractivity contribution in [2.75, 3.05) is 0 Å². The Morgan fingerprint density at radius 2 is 1.96 bits per heavy atom. The van der Waals surface area contributed by atoms with Crippen LogP contribution in [0.1, 0.15) is 54.4 Å². The number of pyridine rings is 1. The molecule has 2 heterocycles. The number of nitrogens with zero attached hydrogens (tertiary/aromatic N) is 3. The molecule has 1 spiro atoms. The number of aromatic nitrogens is 1. The van der Waals surface area contributed by atoms with Gasteiger partial charge in [-0.05, 0) is 55.7 Å². The van der Waals surface area contributed by atoms with E-state index in [-0.39, 0.29) is 16.9 Å². The van der Waals surface area contributed by atoms with Crippen LogP contribution in [-0.4, -0.2) is 31.9 Å². The van der Waals surface area contributed by atoms with Gasteiger partial charge in [0.25, 0.3) is 0 Å². The highest BCUT2D eigenvalue weighted by molar-refractivity contribution is 5.87. The van der Waals surface area contributed by atoms with E-state index >= 15 is 0 Å². The lowest BCUT2D eigenvalue weighted by Crippen LogP contribution is -2.39. The third-order valence-electron chi connectivity index (χ3n) is 6.59. The number of aromatic carboxylic acids is 1. The van der Waals surface area contributed by atoms with Crippen LogP contribution in [-0.2, 0) is 5.54 Å². The molecule has 6 heteroatoms. The molecule has 0 radical (unpaired) electrons. The summed E-state index contributed by atoms with van der Waals surface area (Å²) in [5, 5.41) is 17.1. The van der Waals surface area contributed by atoms with Gasteiger partial charge in [-0.1, -0.05) is 0 Å². The van der Waals surface area contributed by atoms with Crippen LogP contribution in [0.5, 0.6) is 5.75 Å². The zero-order valence-electron chi connectivity index (χ0n) is 15.1. The van der Waals surface area contributed by atoms with Crippen LogP contribution in [0.25, 0.3) is 5.53 Å². The zero-order chi connectivity index (χ0) is 19.1. The minimum absolute atomic E-state index is 0.0741. The summed E-state index contributed by atoms with van der Waals surface area (Å²) in [6, 6.07) is 9.87. The predicted octanol–water partition coefficient (Wildman–Crippen LogP) is 4.14. The lowest BCUT2D eigenvalue weighted by molar-refractivity contribution is -0.657. The molecule has 2 unspecified atom stereocenters. The maximum absolute atomic E-state index is 10.6. The number of carboxylic acid groups (broad SMARTS) is 1. The first-order chi connectivity index (χ1) is 13.0. The highest BCUT2D eigenvalue weighted by Gasteiger charge is 2.69. The molecule has 2 bridgehead atoms. The van der Waals surface area contributed by atoms with Crippen molar-refractivity contribution in [3.8, 4) is 5.75 Å². The summed E-state index contributed by atoms with van der Waals surface area (Å²) < 4.78 is 1.69. The Morgan fingerprint density at radius 3 is 2.59 bits per heavy atom. The topological polar surface area (TPSA) is 95.7 Å². The van der Waals surface area contributed by atoms with E-state index in [0.29, 0.717) is 11.5 Å². The van der Waals surface area contributed by atoms with Gasteiger partial charge in [-0.2, -0.15) is 0 Å². The molecule has 1 aromatic carbocycles. The van der Waals surface area contributed by atoms with Crippen molar-refractivity contribution in [1.29, 1.82) is 0 Å². The number of phenolic OH excluding ortho intramolecular Hbond substituents is 1. The molecule has 27 heavy (non-hydrogen) atoms. The maximum atomic E-state index is 10.6. The Kier molecular flexibility index (Phi) is 4.21. The average Bonchev–Trinajstić information content (AvgIpc) is 3.34. The standard InChI is InChI=1S/C14H17N3.C7H6O3/c15-17-12-4-1-5-13(12)6-7-14(17,10-13)11-3-2-8-16-9-11;8-6-3-1-5(2-4-6)7(9)10/h2-3,8-9,12H,1,4-7,10H2;1-4,8H,(H,9,10)/t12?,13?,14-;/m0./s1. The van der Waals surface area contributed by atoms with Crippen LogP contribution in [0.3, 0.4) is 0 Å². The lowest BCUT2D eigenvalue weighted by Gasteiger charge is -2.32. The molecule has 1 aliphatic heterocycles. The van der Waals surface area contributed by atoms with Crippen LogP contribution in [0.4, 0.5) is 0 Å². The second-order valence-corrected chi connectivity index (χ2v) is 7.92. The van der Waals surface area contributed by atoms with Gasteiger partial charge in [-0.25, -0.2) is 4.79 Å². The molecule has 140 valence electrons. The number of rotatable bonds is 2. The Balaban J connectivity index is 0.000000155. The van der Waals surface area contributed by atoms with E-state index in [1.165, 1.54) is 55.5 Å². The molecule has 2 N–H and O–H groups in total. The highest BCUT2D eigenvalue weighted by Crippen LogP contribution is 2.65. The molecular weight excluding hydrogens is 342 g/mol. The number of hydrogen-bond donors (Lipinski definition) is 2. The number of aromatic hydroxyl groups is 1. The van der Waals surface area contributed by atoms with Gasteiger partial charge in [-0.3, -0.25) is 4.98 Å². The lowest BCUT2D eigenvalue weighted by atomic mass is 9.82. The summed E-state index contributed by atoms with van der Waals surface area (Å²) in [6.45, 7) is 0. The molecule has 2 aliphatic carbocycles. The largest absolute Gasteiger partial charge is 0.508 e. The Bertz CT molecular complexity index is 868. The molecule has 0 amide bonds. The average molecular weight is 365 g/mol. The van der Waals surface area contributed by atoms with Crippen LogP contribution >= 0.6 is 0 Å². The molecule has 1 saturated heterocycles. The van der Waals surface area contributed by atoms with E-state index < -0.39 is 5.97 Å². The van der Waals surface area contributed by atoms with Gasteiger partial charge < -0.3 is 20.4 Å². The van der Waals surface area contributed by atoms with Crippen molar-refractivity contribution in [3.05, 3.63) is 65.4 Å². The van der Waals surface area contributed by atoms with Gasteiger partial charge in [0.2, 0.25) is 0 Å². The fourth-order valence-corrected chi connectivity index (χ4v) is 5.33. The fraction of sp³-hybridized carbons (Fsp3) is 0.429. The molecule has 3 atom stereocenters. The summed E-state index contributed by atoms with van der Waals surface area (Å²) in [5.74, 6) is -0.912. The quantitative estimate of drug-likeness (QED) is 0.782. The third kappa shape index (κ3) is 2.80. The number of piperidine rings is 1. The van der Waals surface area contributed by atoms with E-state index in [2.05, 4.69) is 11.1 Å². The van der Waals surface area contributed by atoms with Gasteiger partial charge in [0.05, 0.1) is 5.56 Å². The van der Waals surface area contributed by atoms with Gasteiger partial charge in [0.1, 0.15) is 11.8 Å². The smallest absolute Gasteiger partial charge is 0.335 e. The first-order valence-corrected chi connectivity index (χ1v) is 9.38. The molecule has 2 saturated carbocycles. The van der Waals surface area contributed by atoms with Gasteiger partial charge >= 0.3 is 5.97 Å². The summed E-state index contributed by atoms with van der Waals surface area (Å²) in [7, 11) is 0. The second kappa shape index (κ2) is 6.44. The van der Waals surface area contributed by atoms with Crippen LogP contribution in [0.15, 0.2) is 48.8 Å². The molecule has 1 aromatic heterocycles. The number of fused-ring (bicyclic) bond motifs is 1. The maximum Gasteiger partial charge on any atom is 0.335 e. The molecule has 2 aromatic rings. The van der Waals surface area contributed by atoms with E-state index in [1.807, 2.05) is 18.5 Å². The van der Waals surface area contributed by atoms with Crippen LogP contribution in [0, 0.1) is 5.41 Å². The van der Waals surface area contributed by atoms with E-state index in [1.54, 1.807) is 4.70 Å². The van der Waals surface area contributed by atoms with Crippen molar-refractivity contribution in [3.63, 3.8) is 0 Å². The molecule has 3 fully saturated rings. The van der Waals surface area contributed by atoms with E-state index in [0.717, 1.165) is 12.8 Å². The number of hydrogen-bond acceptors (Lipinski definition) is 3. The number of carbonyl (C=O) groups is 1.